The fraction of sp³-hybridized carbons (Fsp3) is 0.667. The molecule has 2 heterocycles. The van der Waals surface area contributed by atoms with Crippen LogP contribution in [0.5, 0.6) is 0 Å². The first-order valence-electron chi connectivity index (χ1n) is 7.54. The zero-order valence-electron chi connectivity index (χ0n) is 13.3. The Morgan fingerprint density at radius 2 is 1.95 bits per heavy atom. The topological polar surface area (TPSA) is 63.7 Å². The molecule has 6 heteroatoms. The minimum atomic E-state index is -0.111. The Kier molecular flexibility index (Phi) is 5.25. The van der Waals surface area contributed by atoms with Gasteiger partial charge in [0.1, 0.15) is 5.69 Å². The first-order chi connectivity index (χ1) is 10.1. The Hall–Kier alpha value is -1.53. The highest BCUT2D eigenvalue weighted by Crippen LogP contribution is 2.22. The van der Waals surface area contributed by atoms with E-state index in [1.54, 1.807) is 11.7 Å². The van der Waals surface area contributed by atoms with Crippen LogP contribution in [0.3, 0.4) is 0 Å². The number of hydrogen-bond acceptors (Lipinski definition) is 5. The van der Waals surface area contributed by atoms with Gasteiger partial charge in [0, 0.05) is 45.5 Å². The maximum atomic E-state index is 12.4. The van der Waals surface area contributed by atoms with Gasteiger partial charge in [-0.3, -0.25) is 4.79 Å². The third kappa shape index (κ3) is 3.39. The minimum Gasteiger partial charge on any atom is -0.393 e. The standard InChI is InChI=1S/C15H26N4O2/c1-4-17-5-7-18(8-6-17)13-11-12(2)19(9-10-21-3)15(20)14(13)16/h11H,4-10,16H2,1-3H3. The molecule has 1 saturated heterocycles. The minimum absolute atomic E-state index is 0.111. The van der Waals surface area contributed by atoms with Crippen molar-refractivity contribution in [1.29, 1.82) is 0 Å². The molecule has 2 N–H and O–H groups in total. The summed E-state index contributed by atoms with van der Waals surface area (Å²) in [7, 11) is 1.63. The Morgan fingerprint density at radius 3 is 2.52 bits per heavy atom. The number of nitrogens with two attached hydrogens (primary N) is 1. The van der Waals surface area contributed by atoms with E-state index in [4.69, 9.17) is 10.5 Å². The first-order valence-corrected chi connectivity index (χ1v) is 7.54. The lowest BCUT2D eigenvalue weighted by atomic mass is 10.2. The second-order valence-corrected chi connectivity index (χ2v) is 5.46. The average molecular weight is 294 g/mol. The van der Waals surface area contributed by atoms with Crippen LogP contribution >= 0.6 is 0 Å². The van der Waals surface area contributed by atoms with E-state index in [1.165, 1.54) is 0 Å². The van der Waals surface area contributed by atoms with Crippen LogP contribution in [-0.4, -0.2) is 55.9 Å². The van der Waals surface area contributed by atoms with Crippen molar-refractivity contribution in [1.82, 2.24) is 9.47 Å². The quantitative estimate of drug-likeness (QED) is 0.858. The molecule has 6 nitrogen and oxygen atoms in total. The number of anilines is 2. The maximum Gasteiger partial charge on any atom is 0.276 e. The predicted octanol–water partition coefficient (Wildman–Crippen LogP) is 0.527. The summed E-state index contributed by atoms with van der Waals surface area (Å²) in [5.41, 5.74) is 8.14. The summed E-state index contributed by atoms with van der Waals surface area (Å²) in [6, 6.07) is 2.02. The van der Waals surface area contributed by atoms with Crippen molar-refractivity contribution >= 4 is 11.4 Å². The van der Waals surface area contributed by atoms with Crippen LogP contribution < -0.4 is 16.2 Å². The monoisotopic (exact) mass is 294 g/mol. The second-order valence-electron chi connectivity index (χ2n) is 5.46. The summed E-state index contributed by atoms with van der Waals surface area (Å²) in [5.74, 6) is 0. The number of aromatic nitrogens is 1. The number of rotatable bonds is 5. The Labute approximate surface area is 126 Å². The zero-order chi connectivity index (χ0) is 15.4. The molecule has 0 aromatic carbocycles. The van der Waals surface area contributed by atoms with Crippen molar-refractivity contribution < 1.29 is 4.74 Å². The molecule has 0 atom stereocenters. The highest BCUT2D eigenvalue weighted by Gasteiger charge is 2.20. The smallest absolute Gasteiger partial charge is 0.276 e. The first kappa shape index (κ1) is 15.9. The van der Waals surface area contributed by atoms with Gasteiger partial charge in [-0.1, -0.05) is 6.92 Å². The Morgan fingerprint density at radius 1 is 1.29 bits per heavy atom. The van der Waals surface area contributed by atoms with Crippen LogP contribution in [0.1, 0.15) is 12.6 Å². The van der Waals surface area contributed by atoms with E-state index in [0.717, 1.165) is 44.1 Å². The van der Waals surface area contributed by atoms with E-state index in [1.807, 2.05) is 13.0 Å². The molecule has 1 fully saturated rings. The predicted molar refractivity (Wildman–Crippen MR) is 86.1 cm³/mol. The van der Waals surface area contributed by atoms with Gasteiger partial charge in [0.2, 0.25) is 0 Å². The van der Waals surface area contributed by atoms with Crippen LogP contribution in [0, 0.1) is 6.92 Å². The van der Waals surface area contributed by atoms with Gasteiger partial charge >= 0.3 is 0 Å². The molecule has 0 aliphatic carbocycles. The number of nitrogen functional groups attached to an aromatic ring is 1. The van der Waals surface area contributed by atoms with Gasteiger partial charge in [-0.2, -0.15) is 0 Å². The van der Waals surface area contributed by atoms with Gasteiger partial charge in [-0.05, 0) is 19.5 Å². The second kappa shape index (κ2) is 6.95. The third-order valence-electron chi connectivity index (χ3n) is 4.20. The van der Waals surface area contributed by atoms with E-state index in [2.05, 4.69) is 16.7 Å². The molecule has 0 spiro atoms. The van der Waals surface area contributed by atoms with Crippen molar-refractivity contribution in [2.45, 2.75) is 20.4 Å². The molecule has 1 aliphatic rings. The van der Waals surface area contributed by atoms with Crippen LogP contribution in [0.4, 0.5) is 11.4 Å². The SMILES string of the molecule is CCN1CCN(c2cc(C)n(CCOC)c(=O)c2N)CC1. The van der Waals surface area contributed by atoms with E-state index >= 15 is 0 Å². The van der Waals surface area contributed by atoms with Crippen molar-refractivity contribution in [2.75, 3.05) is 57.1 Å². The average Bonchev–Trinajstić information content (AvgIpc) is 2.51. The highest BCUT2D eigenvalue weighted by atomic mass is 16.5. The fourth-order valence-electron chi connectivity index (χ4n) is 2.80. The Bertz CT molecular complexity index is 533. The number of piperazine rings is 1. The molecule has 21 heavy (non-hydrogen) atoms. The lowest BCUT2D eigenvalue weighted by molar-refractivity contribution is 0.185. The van der Waals surface area contributed by atoms with Crippen LogP contribution in [-0.2, 0) is 11.3 Å². The molecular formula is C15H26N4O2. The van der Waals surface area contributed by atoms with Crippen molar-refractivity contribution in [3.63, 3.8) is 0 Å². The van der Waals surface area contributed by atoms with E-state index in [0.29, 0.717) is 18.8 Å². The molecule has 0 amide bonds. The number of pyridine rings is 1. The van der Waals surface area contributed by atoms with Gasteiger partial charge in [-0.25, -0.2) is 0 Å². The lowest BCUT2D eigenvalue weighted by Gasteiger charge is -2.36. The molecule has 0 bridgehead atoms. The van der Waals surface area contributed by atoms with Crippen molar-refractivity contribution in [3.05, 3.63) is 22.1 Å². The summed E-state index contributed by atoms with van der Waals surface area (Å²) < 4.78 is 6.74. The number of aryl methyl sites for hydroxylation is 1. The molecular weight excluding hydrogens is 268 g/mol. The van der Waals surface area contributed by atoms with E-state index in [-0.39, 0.29) is 5.56 Å². The number of ether oxygens (including phenoxy) is 1. The van der Waals surface area contributed by atoms with Gasteiger partial charge in [-0.15, -0.1) is 0 Å². The normalized spacial score (nSPS) is 16.4. The Balaban J connectivity index is 2.24. The van der Waals surface area contributed by atoms with E-state index in [9.17, 15) is 4.79 Å². The number of likely N-dealkylation sites (N-methyl/N-ethyl adjacent to an activating group) is 1. The van der Waals surface area contributed by atoms with Gasteiger partial charge in [0.15, 0.2) is 0 Å². The number of methoxy groups -OCH3 is 1. The van der Waals surface area contributed by atoms with Gasteiger partial charge in [0.25, 0.3) is 5.56 Å². The van der Waals surface area contributed by atoms with Crippen molar-refractivity contribution in [3.8, 4) is 0 Å². The molecule has 2 rings (SSSR count). The summed E-state index contributed by atoms with van der Waals surface area (Å²) in [6.07, 6.45) is 0. The molecule has 1 aromatic rings. The summed E-state index contributed by atoms with van der Waals surface area (Å²) in [4.78, 5) is 17.0. The molecule has 0 saturated carbocycles. The molecule has 0 radical (unpaired) electrons. The van der Waals surface area contributed by atoms with Crippen molar-refractivity contribution in [2.24, 2.45) is 0 Å². The lowest BCUT2D eigenvalue weighted by Crippen LogP contribution is -2.47. The van der Waals surface area contributed by atoms with Gasteiger partial charge < -0.3 is 24.8 Å². The fourth-order valence-corrected chi connectivity index (χ4v) is 2.80. The summed E-state index contributed by atoms with van der Waals surface area (Å²) in [6.45, 7) is 10.1. The third-order valence-corrected chi connectivity index (χ3v) is 4.20. The van der Waals surface area contributed by atoms with E-state index < -0.39 is 0 Å². The zero-order valence-corrected chi connectivity index (χ0v) is 13.3. The maximum absolute atomic E-state index is 12.4. The van der Waals surface area contributed by atoms with Crippen LogP contribution in [0.15, 0.2) is 10.9 Å². The largest absolute Gasteiger partial charge is 0.393 e. The highest BCUT2D eigenvalue weighted by molar-refractivity contribution is 5.67. The molecule has 1 aromatic heterocycles. The van der Waals surface area contributed by atoms with Crippen LogP contribution in [0.25, 0.3) is 0 Å². The molecule has 0 unspecified atom stereocenters. The molecule has 118 valence electrons. The molecule has 1 aliphatic heterocycles. The number of hydrogen-bond donors (Lipinski definition) is 1. The summed E-state index contributed by atoms with van der Waals surface area (Å²) >= 11 is 0. The van der Waals surface area contributed by atoms with Gasteiger partial charge in [0.05, 0.1) is 12.3 Å². The summed E-state index contributed by atoms with van der Waals surface area (Å²) in [5, 5.41) is 0. The van der Waals surface area contributed by atoms with Crippen LogP contribution in [0.2, 0.25) is 0 Å². The number of nitrogens with zero attached hydrogens (tertiary/aromatic N) is 3.